The Morgan fingerprint density at radius 1 is 0.500 bits per heavy atom. The van der Waals surface area contributed by atoms with E-state index in [1.807, 2.05) is 36.4 Å². The van der Waals surface area contributed by atoms with Crippen LogP contribution in [0.1, 0.15) is 96.4 Å². The Kier molecular flexibility index (Phi) is 8.22. The van der Waals surface area contributed by atoms with Gasteiger partial charge in [0.1, 0.15) is 11.5 Å². The van der Waals surface area contributed by atoms with Gasteiger partial charge in [-0.05, 0) is 68.7 Å². The lowest BCUT2D eigenvalue weighted by molar-refractivity contribution is 0.166. The summed E-state index contributed by atoms with van der Waals surface area (Å²) in [7, 11) is 0. The normalized spacial score (nSPS) is 12.5. The molecule has 0 heterocycles. The Hall–Kier alpha value is -3.52. The molecule has 0 saturated heterocycles. The molecule has 0 unspecified atom stereocenters. The fourth-order valence-corrected chi connectivity index (χ4v) is 6.81. The fraction of sp³-hybridized carbons (Fsp3) is 0.368. The fourth-order valence-electron chi connectivity index (χ4n) is 6.81. The SMILES string of the molecule is CC(C)c1ccc(-c2ccccc2O)c(C(c2cc(C(C)C)ccc2-c2ccccc2O)(C(C)C)C(C)(C)C)c1. The van der Waals surface area contributed by atoms with E-state index in [0.29, 0.717) is 11.8 Å². The average Bonchev–Trinajstić information content (AvgIpc) is 2.89. The third kappa shape index (κ3) is 5.05. The summed E-state index contributed by atoms with van der Waals surface area (Å²) in [6.45, 7) is 20.6. The van der Waals surface area contributed by atoms with Crippen LogP contribution >= 0.6 is 0 Å². The highest BCUT2D eigenvalue weighted by molar-refractivity contribution is 5.80. The minimum Gasteiger partial charge on any atom is -0.507 e. The molecule has 0 aliphatic rings. The molecule has 4 rings (SSSR count). The Labute approximate surface area is 241 Å². The summed E-state index contributed by atoms with van der Waals surface area (Å²) in [5.74, 6) is 1.45. The van der Waals surface area contributed by atoms with E-state index in [2.05, 4.69) is 98.7 Å². The quantitative estimate of drug-likeness (QED) is 0.247. The highest BCUT2D eigenvalue weighted by Gasteiger charge is 2.50. The predicted octanol–water partition coefficient (Wildman–Crippen LogP) is 10.7. The molecular weight excluding hydrogens is 488 g/mol. The molecule has 210 valence electrons. The zero-order chi connectivity index (χ0) is 29.4. The lowest BCUT2D eigenvalue weighted by Crippen LogP contribution is -2.46. The van der Waals surface area contributed by atoms with Crippen LogP contribution < -0.4 is 0 Å². The lowest BCUT2D eigenvalue weighted by Gasteiger charge is -2.51. The van der Waals surface area contributed by atoms with Crippen molar-refractivity contribution in [2.75, 3.05) is 0 Å². The van der Waals surface area contributed by atoms with Gasteiger partial charge in [0.05, 0.1) is 0 Å². The summed E-state index contributed by atoms with van der Waals surface area (Å²) in [5.41, 5.74) is 8.02. The molecule has 0 spiro atoms. The number of phenols is 2. The maximum Gasteiger partial charge on any atom is 0.123 e. The smallest absolute Gasteiger partial charge is 0.123 e. The molecule has 2 nitrogen and oxygen atoms in total. The molecule has 4 aromatic rings. The maximum atomic E-state index is 11.1. The van der Waals surface area contributed by atoms with Gasteiger partial charge in [0.2, 0.25) is 0 Å². The second kappa shape index (κ2) is 11.2. The van der Waals surface area contributed by atoms with E-state index in [1.54, 1.807) is 12.1 Å². The van der Waals surface area contributed by atoms with Crippen molar-refractivity contribution in [1.82, 2.24) is 0 Å². The third-order valence-corrected chi connectivity index (χ3v) is 8.71. The van der Waals surface area contributed by atoms with Crippen LogP contribution in [0.4, 0.5) is 0 Å². The predicted molar refractivity (Wildman–Crippen MR) is 170 cm³/mol. The first-order chi connectivity index (χ1) is 18.8. The molecule has 0 saturated carbocycles. The molecule has 0 aliphatic heterocycles. The highest BCUT2D eigenvalue weighted by Crippen LogP contribution is 2.58. The van der Waals surface area contributed by atoms with Crippen LogP contribution in [0.25, 0.3) is 22.3 Å². The van der Waals surface area contributed by atoms with Crippen molar-refractivity contribution >= 4 is 0 Å². The molecule has 0 radical (unpaired) electrons. The van der Waals surface area contributed by atoms with Crippen LogP contribution in [0.5, 0.6) is 11.5 Å². The van der Waals surface area contributed by atoms with Gasteiger partial charge < -0.3 is 10.2 Å². The van der Waals surface area contributed by atoms with Crippen molar-refractivity contribution in [2.45, 2.75) is 79.6 Å². The summed E-state index contributed by atoms with van der Waals surface area (Å²) < 4.78 is 0. The molecule has 0 atom stereocenters. The van der Waals surface area contributed by atoms with Crippen LogP contribution in [0.2, 0.25) is 0 Å². The minimum absolute atomic E-state index is 0.187. The Morgan fingerprint density at radius 2 is 0.875 bits per heavy atom. The number of para-hydroxylation sites is 2. The van der Waals surface area contributed by atoms with E-state index in [0.717, 1.165) is 22.3 Å². The van der Waals surface area contributed by atoms with Crippen molar-refractivity contribution in [2.24, 2.45) is 11.3 Å². The Balaban J connectivity index is 2.27. The minimum atomic E-state index is -0.474. The first-order valence-electron chi connectivity index (χ1n) is 14.7. The van der Waals surface area contributed by atoms with Gasteiger partial charge in [-0.2, -0.15) is 0 Å². The van der Waals surface area contributed by atoms with Crippen molar-refractivity contribution in [1.29, 1.82) is 0 Å². The average molecular weight is 535 g/mol. The van der Waals surface area contributed by atoms with Gasteiger partial charge in [-0.15, -0.1) is 0 Å². The molecule has 2 N–H and O–H groups in total. The summed E-state index contributed by atoms with van der Waals surface area (Å²) >= 11 is 0. The van der Waals surface area contributed by atoms with Crippen LogP contribution in [0, 0.1) is 11.3 Å². The van der Waals surface area contributed by atoms with Crippen LogP contribution in [0.15, 0.2) is 84.9 Å². The second-order valence-electron chi connectivity index (χ2n) is 13.2. The summed E-state index contributed by atoms with van der Waals surface area (Å²) in [4.78, 5) is 0. The first-order valence-corrected chi connectivity index (χ1v) is 14.7. The van der Waals surface area contributed by atoms with Crippen molar-refractivity contribution < 1.29 is 10.2 Å². The third-order valence-electron chi connectivity index (χ3n) is 8.71. The number of phenolic OH excluding ortho intramolecular Hbond substituents is 2. The van der Waals surface area contributed by atoms with Crippen LogP contribution in [-0.4, -0.2) is 10.2 Å². The van der Waals surface area contributed by atoms with Gasteiger partial charge in [0, 0.05) is 16.5 Å². The van der Waals surface area contributed by atoms with Crippen LogP contribution in [0.3, 0.4) is 0 Å². The topological polar surface area (TPSA) is 40.5 Å². The standard InChI is InChI=1S/C38H46O2/c1-24(2)27-18-20-29(31-14-10-12-16-35(31)39)33(22-27)38(26(5)6,37(7,8)9)34-23-28(25(3)4)19-21-30(34)32-15-11-13-17-36(32)40/h10-26,39-40H,1-9H3. The summed E-state index contributed by atoms with van der Waals surface area (Å²) in [5, 5.41) is 22.2. The second-order valence-corrected chi connectivity index (χ2v) is 13.2. The molecular formula is C38H46O2. The van der Waals surface area contributed by atoms with Gasteiger partial charge in [-0.25, -0.2) is 0 Å². The zero-order valence-electron chi connectivity index (χ0n) is 25.7. The number of hydrogen-bond acceptors (Lipinski definition) is 2. The molecule has 4 aromatic carbocycles. The Morgan fingerprint density at radius 3 is 1.18 bits per heavy atom. The number of aromatic hydroxyl groups is 2. The molecule has 0 aromatic heterocycles. The highest BCUT2D eigenvalue weighted by atomic mass is 16.3. The lowest BCUT2D eigenvalue weighted by atomic mass is 9.51. The Bertz CT molecular complexity index is 1380. The van der Waals surface area contributed by atoms with E-state index in [-0.39, 0.29) is 22.8 Å². The van der Waals surface area contributed by atoms with Gasteiger partial charge in [-0.3, -0.25) is 0 Å². The van der Waals surface area contributed by atoms with E-state index in [1.165, 1.54) is 22.3 Å². The van der Waals surface area contributed by atoms with Crippen LogP contribution in [-0.2, 0) is 5.41 Å². The zero-order valence-corrected chi connectivity index (χ0v) is 25.7. The van der Waals surface area contributed by atoms with Crippen molar-refractivity contribution in [3.05, 3.63) is 107 Å². The molecule has 0 fully saturated rings. The number of hydrogen-bond donors (Lipinski definition) is 2. The van der Waals surface area contributed by atoms with Crippen molar-refractivity contribution in [3.8, 4) is 33.8 Å². The first kappa shape index (κ1) is 29.5. The molecule has 40 heavy (non-hydrogen) atoms. The van der Waals surface area contributed by atoms with Gasteiger partial charge in [0.25, 0.3) is 0 Å². The maximum absolute atomic E-state index is 11.1. The summed E-state index contributed by atoms with van der Waals surface area (Å²) in [6.07, 6.45) is 0. The van der Waals surface area contributed by atoms with E-state index in [9.17, 15) is 10.2 Å². The van der Waals surface area contributed by atoms with Gasteiger partial charge >= 0.3 is 0 Å². The molecule has 0 aliphatic carbocycles. The molecule has 0 amide bonds. The largest absolute Gasteiger partial charge is 0.507 e. The van der Waals surface area contributed by atoms with Crippen molar-refractivity contribution in [3.63, 3.8) is 0 Å². The van der Waals surface area contributed by atoms with Gasteiger partial charge in [0.15, 0.2) is 0 Å². The van der Waals surface area contributed by atoms with E-state index in [4.69, 9.17) is 0 Å². The molecule has 0 bridgehead atoms. The molecule has 2 heteroatoms. The number of rotatable bonds is 7. The summed E-state index contributed by atoms with van der Waals surface area (Å²) in [6, 6.07) is 28.9. The van der Waals surface area contributed by atoms with E-state index < -0.39 is 5.41 Å². The van der Waals surface area contributed by atoms with E-state index >= 15 is 0 Å². The monoisotopic (exact) mass is 534 g/mol. The van der Waals surface area contributed by atoms with Gasteiger partial charge in [-0.1, -0.05) is 135 Å². The number of benzene rings is 4.